The zero-order chi connectivity index (χ0) is 18.4. The lowest BCUT2D eigenvalue weighted by atomic mass is 9.98. The van der Waals surface area contributed by atoms with Crippen molar-refractivity contribution in [3.63, 3.8) is 0 Å². The summed E-state index contributed by atoms with van der Waals surface area (Å²) in [6.45, 7) is 7.40. The highest BCUT2D eigenvalue weighted by Crippen LogP contribution is 2.18. The summed E-state index contributed by atoms with van der Waals surface area (Å²) in [5, 5.41) is 6.96. The van der Waals surface area contributed by atoms with Crippen LogP contribution in [-0.4, -0.2) is 51.6 Å². The van der Waals surface area contributed by atoms with E-state index >= 15 is 0 Å². The number of amides is 1. The van der Waals surface area contributed by atoms with E-state index < -0.39 is 0 Å². The molecule has 0 saturated carbocycles. The van der Waals surface area contributed by atoms with E-state index in [9.17, 15) is 4.79 Å². The number of nitrogens with zero attached hydrogens (tertiary/aromatic N) is 4. The number of carbonyl (C=O) groups excluding carboxylic acids is 1. The van der Waals surface area contributed by atoms with Crippen molar-refractivity contribution in [2.24, 2.45) is 5.92 Å². The highest BCUT2D eigenvalue weighted by atomic mass is 16.5. The number of hydrogen-bond acceptors (Lipinski definition) is 6. The van der Waals surface area contributed by atoms with Gasteiger partial charge in [0.2, 0.25) is 17.6 Å². The molecule has 1 amide bonds. The molecule has 0 bridgehead atoms. The van der Waals surface area contributed by atoms with Gasteiger partial charge in [0.15, 0.2) is 0 Å². The SMILES string of the molecule is CC1CCN(C(C)CNC(=O)CCc2nc(-c3cccnc3)no2)CC1. The van der Waals surface area contributed by atoms with Crippen LogP contribution in [0.4, 0.5) is 0 Å². The zero-order valence-electron chi connectivity index (χ0n) is 15.5. The van der Waals surface area contributed by atoms with Crippen LogP contribution in [-0.2, 0) is 11.2 Å². The van der Waals surface area contributed by atoms with Gasteiger partial charge < -0.3 is 9.84 Å². The molecule has 3 rings (SSSR count). The Kier molecular flexibility index (Phi) is 6.33. The van der Waals surface area contributed by atoms with Crippen molar-refractivity contribution in [2.75, 3.05) is 19.6 Å². The topological polar surface area (TPSA) is 84.2 Å². The quantitative estimate of drug-likeness (QED) is 0.818. The first-order valence-electron chi connectivity index (χ1n) is 9.35. The van der Waals surface area contributed by atoms with Gasteiger partial charge in [0.05, 0.1) is 0 Å². The summed E-state index contributed by atoms with van der Waals surface area (Å²) in [7, 11) is 0. The van der Waals surface area contributed by atoms with Gasteiger partial charge in [0.25, 0.3) is 0 Å². The number of pyridine rings is 1. The Morgan fingerprint density at radius 3 is 2.96 bits per heavy atom. The molecule has 7 nitrogen and oxygen atoms in total. The molecule has 2 aromatic heterocycles. The van der Waals surface area contributed by atoms with Crippen molar-refractivity contribution in [1.29, 1.82) is 0 Å². The maximum Gasteiger partial charge on any atom is 0.227 e. The average Bonchev–Trinajstić information content (AvgIpc) is 3.15. The number of aryl methyl sites for hydroxylation is 1. The Morgan fingerprint density at radius 2 is 2.23 bits per heavy atom. The number of piperidine rings is 1. The van der Waals surface area contributed by atoms with E-state index in [-0.39, 0.29) is 5.91 Å². The molecule has 0 radical (unpaired) electrons. The third-order valence-corrected chi connectivity index (χ3v) is 4.99. The summed E-state index contributed by atoms with van der Waals surface area (Å²) in [4.78, 5) is 22.9. The molecule has 7 heteroatoms. The van der Waals surface area contributed by atoms with Gasteiger partial charge >= 0.3 is 0 Å². The number of rotatable bonds is 7. The number of carbonyl (C=O) groups is 1. The van der Waals surface area contributed by atoms with E-state index in [0.29, 0.717) is 37.1 Å². The first kappa shape index (κ1) is 18.5. The van der Waals surface area contributed by atoms with Gasteiger partial charge in [-0.15, -0.1) is 0 Å². The van der Waals surface area contributed by atoms with Gasteiger partial charge in [0, 0.05) is 43.4 Å². The molecule has 0 aromatic carbocycles. The van der Waals surface area contributed by atoms with Crippen LogP contribution in [0.5, 0.6) is 0 Å². The zero-order valence-corrected chi connectivity index (χ0v) is 15.5. The predicted octanol–water partition coefficient (Wildman–Crippen LogP) is 2.30. The summed E-state index contributed by atoms with van der Waals surface area (Å²) < 4.78 is 5.22. The molecule has 3 heterocycles. The minimum Gasteiger partial charge on any atom is -0.355 e. The van der Waals surface area contributed by atoms with Gasteiger partial charge in [-0.05, 0) is 50.9 Å². The van der Waals surface area contributed by atoms with E-state index in [1.165, 1.54) is 12.8 Å². The van der Waals surface area contributed by atoms with E-state index in [0.717, 1.165) is 24.6 Å². The molecular weight excluding hydrogens is 330 g/mol. The molecular formula is C19H27N5O2. The largest absolute Gasteiger partial charge is 0.355 e. The van der Waals surface area contributed by atoms with Crippen LogP contribution in [0, 0.1) is 5.92 Å². The van der Waals surface area contributed by atoms with Crippen molar-refractivity contribution in [3.8, 4) is 11.4 Å². The van der Waals surface area contributed by atoms with E-state index in [4.69, 9.17) is 4.52 Å². The van der Waals surface area contributed by atoms with Gasteiger partial charge in [-0.1, -0.05) is 12.1 Å². The summed E-state index contributed by atoms with van der Waals surface area (Å²) >= 11 is 0. The lowest BCUT2D eigenvalue weighted by Crippen LogP contribution is -2.45. The van der Waals surface area contributed by atoms with E-state index in [1.54, 1.807) is 12.4 Å². The van der Waals surface area contributed by atoms with Gasteiger partial charge in [-0.3, -0.25) is 14.7 Å². The molecule has 1 saturated heterocycles. The molecule has 2 aromatic rings. The van der Waals surface area contributed by atoms with Crippen LogP contribution in [0.2, 0.25) is 0 Å². The van der Waals surface area contributed by atoms with Crippen LogP contribution in [0.3, 0.4) is 0 Å². The van der Waals surface area contributed by atoms with E-state index in [2.05, 4.69) is 39.2 Å². The lowest BCUT2D eigenvalue weighted by Gasteiger charge is -2.35. The predicted molar refractivity (Wildman–Crippen MR) is 98.3 cm³/mol. The monoisotopic (exact) mass is 357 g/mol. The second kappa shape index (κ2) is 8.89. The maximum atomic E-state index is 12.1. The fourth-order valence-electron chi connectivity index (χ4n) is 3.14. The normalized spacial score (nSPS) is 17.2. The third-order valence-electron chi connectivity index (χ3n) is 4.99. The van der Waals surface area contributed by atoms with Crippen molar-refractivity contribution >= 4 is 5.91 Å². The average molecular weight is 357 g/mol. The van der Waals surface area contributed by atoms with Crippen molar-refractivity contribution in [1.82, 2.24) is 25.3 Å². The Hall–Kier alpha value is -2.28. The molecule has 1 N–H and O–H groups in total. The first-order chi connectivity index (χ1) is 12.6. The highest BCUT2D eigenvalue weighted by Gasteiger charge is 2.20. The third kappa shape index (κ3) is 5.11. The Labute approximate surface area is 154 Å². The van der Waals surface area contributed by atoms with Crippen molar-refractivity contribution < 1.29 is 9.32 Å². The maximum absolute atomic E-state index is 12.1. The Morgan fingerprint density at radius 1 is 1.42 bits per heavy atom. The fraction of sp³-hybridized carbons (Fsp3) is 0.579. The molecule has 140 valence electrons. The van der Waals surface area contributed by atoms with Crippen LogP contribution < -0.4 is 5.32 Å². The molecule has 26 heavy (non-hydrogen) atoms. The van der Waals surface area contributed by atoms with Crippen LogP contribution in [0.1, 0.15) is 39.0 Å². The fourth-order valence-corrected chi connectivity index (χ4v) is 3.14. The van der Waals surface area contributed by atoms with Crippen molar-refractivity contribution in [3.05, 3.63) is 30.4 Å². The second-order valence-corrected chi connectivity index (χ2v) is 7.13. The number of hydrogen-bond donors (Lipinski definition) is 1. The van der Waals surface area contributed by atoms with Crippen molar-refractivity contribution in [2.45, 2.75) is 45.6 Å². The lowest BCUT2D eigenvalue weighted by molar-refractivity contribution is -0.121. The standard InChI is InChI=1S/C19H27N5O2/c1-14-7-10-24(11-8-14)15(2)12-21-17(25)5-6-18-22-19(23-26-18)16-4-3-9-20-13-16/h3-4,9,13-15H,5-8,10-12H2,1-2H3,(H,21,25). The van der Waals surface area contributed by atoms with Gasteiger partial charge in [-0.25, -0.2) is 0 Å². The number of aromatic nitrogens is 3. The molecule has 1 aliphatic heterocycles. The summed E-state index contributed by atoms with van der Waals surface area (Å²) in [5.41, 5.74) is 0.802. The summed E-state index contributed by atoms with van der Waals surface area (Å²) in [6, 6.07) is 4.06. The molecule has 1 fully saturated rings. The molecule has 0 spiro atoms. The molecule has 1 aliphatic rings. The number of nitrogens with one attached hydrogen (secondary N) is 1. The van der Waals surface area contributed by atoms with Crippen LogP contribution in [0.15, 0.2) is 29.0 Å². The minimum absolute atomic E-state index is 0.0170. The smallest absolute Gasteiger partial charge is 0.227 e. The molecule has 1 atom stereocenters. The van der Waals surface area contributed by atoms with Crippen LogP contribution >= 0.6 is 0 Å². The van der Waals surface area contributed by atoms with E-state index in [1.807, 2.05) is 12.1 Å². The molecule has 0 aliphatic carbocycles. The van der Waals surface area contributed by atoms with Gasteiger partial charge in [-0.2, -0.15) is 4.98 Å². The first-order valence-corrected chi connectivity index (χ1v) is 9.35. The van der Waals surface area contributed by atoms with Gasteiger partial charge in [0.1, 0.15) is 0 Å². The number of likely N-dealkylation sites (tertiary alicyclic amines) is 1. The molecule has 1 unspecified atom stereocenters. The highest BCUT2D eigenvalue weighted by molar-refractivity contribution is 5.76. The van der Waals surface area contributed by atoms with Crippen LogP contribution in [0.25, 0.3) is 11.4 Å². The second-order valence-electron chi connectivity index (χ2n) is 7.13. The summed E-state index contributed by atoms with van der Waals surface area (Å²) in [6.07, 6.45) is 6.65. The Bertz CT molecular complexity index is 695. The summed E-state index contributed by atoms with van der Waals surface area (Å²) in [5.74, 6) is 1.81. The Balaban J connectivity index is 1.40. The minimum atomic E-state index is 0.0170.